The second kappa shape index (κ2) is 8.22. The van der Waals surface area contributed by atoms with Crippen molar-refractivity contribution in [3.05, 3.63) is 46.5 Å². The molecule has 0 N–H and O–H groups in total. The van der Waals surface area contributed by atoms with Crippen LogP contribution in [0.25, 0.3) is 0 Å². The molecule has 1 amide bonds. The summed E-state index contributed by atoms with van der Waals surface area (Å²) in [6.45, 7) is 2.09. The number of nitriles is 1. The number of thiazole rings is 1. The minimum absolute atomic E-state index is 0.144. The van der Waals surface area contributed by atoms with E-state index in [0.717, 1.165) is 10.4 Å². The third-order valence-electron chi connectivity index (χ3n) is 3.21. The predicted octanol–water partition coefficient (Wildman–Crippen LogP) is 2.59. The lowest BCUT2D eigenvalue weighted by atomic mass is 10.1. The summed E-state index contributed by atoms with van der Waals surface area (Å²) in [4.78, 5) is 30.4. The Kier molecular flexibility index (Phi) is 6.04. The van der Waals surface area contributed by atoms with E-state index in [9.17, 15) is 9.59 Å². The minimum atomic E-state index is -0.314. The van der Waals surface area contributed by atoms with Crippen LogP contribution in [-0.2, 0) is 22.4 Å². The van der Waals surface area contributed by atoms with Crippen LogP contribution in [0.3, 0.4) is 0 Å². The summed E-state index contributed by atoms with van der Waals surface area (Å²) in [5, 5.41) is 9.26. The Labute approximate surface area is 144 Å². The molecule has 0 aliphatic heterocycles. The first kappa shape index (κ1) is 17.6. The summed E-state index contributed by atoms with van der Waals surface area (Å²) >= 11 is 1.27. The lowest BCUT2D eigenvalue weighted by Gasteiger charge is -2.14. The lowest BCUT2D eigenvalue weighted by molar-refractivity contribution is -0.142. The van der Waals surface area contributed by atoms with Crippen LogP contribution in [0.4, 0.5) is 5.13 Å². The molecule has 0 spiro atoms. The number of carbonyl (C=O) groups is 2. The molecule has 0 aliphatic rings. The molecule has 0 saturated heterocycles. The molecule has 7 heteroatoms. The van der Waals surface area contributed by atoms with E-state index in [0.29, 0.717) is 17.3 Å². The Morgan fingerprint density at radius 1 is 1.42 bits per heavy atom. The molecule has 0 saturated carbocycles. The van der Waals surface area contributed by atoms with Crippen LogP contribution in [0.15, 0.2) is 30.5 Å². The number of esters is 1. The average molecular weight is 343 g/mol. The zero-order chi connectivity index (χ0) is 17.5. The first-order valence-electron chi connectivity index (χ1n) is 7.39. The van der Waals surface area contributed by atoms with E-state index in [-0.39, 0.29) is 24.7 Å². The molecule has 2 aromatic rings. The summed E-state index contributed by atoms with van der Waals surface area (Å²) < 4.78 is 4.90. The van der Waals surface area contributed by atoms with Gasteiger partial charge in [-0.2, -0.15) is 5.26 Å². The van der Waals surface area contributed by atoms with Crippen molar-refractivity contribution < 1.29 is 14.3 Å². The largest absolute Gasteiger partial charge is 0.466 e. The van der Waals surface area contributed by atoms with Crippen molar-refractivity contribution in [3.8, 4) is 6.07 Å². The topological polar surface area (TPSA) is 83.3 Å². The third kappa shape index (κ3) is 4.40. The molecule has 1 aromatic heterocycles. The standard InChI is InChI=1S/C17H17N3O3S/c1-3-23-15(21)10-14-11-19-17(24-14)20(2)16(22)13-6-4-5-12(9-13)7-8-18/h4-6,9,11H,3,7,10H2,1-2H3. The molecule has 2 rings (SSSR count). The van der Waals surface area contributed by atoms with Gasteiger partial charge in [0.25, 0.3) is 5.91 Å². The van der Waals surface area contributed by atoms with Crippen molar-refractivity contribution >= 4 is 28.3 Å². The van der Waals surface area contributed by atoms with Crippen molar-refractivity contribution in [2.45, 2.75) is 19.8 Å². The zero-order valence-electron chi connectivity index (χ0n) is 13.5. The number of carbonyl (C=O) groups excluding carboxylic acids is 2. The van der Waals surface area contributed by atoms with Crippen LogP contribution < -0.4 is 4.90 Å². The summed E-state index contributed by atoms with van der Waals surface area (Å²) in [5.74, 6) is -0.530. The molecule has 124 valence electrons. The van der Waals surface area contributed by atoms with Crippen molar-refractivity contribution in [1.29, 1.82) is 5.26 Å². The second-order valence-corrected chi connectivity index (χ2v) is 6.08. The van der Waals surface area contributed by atoms with E-state index in [2.05, 4.69) is 11.1 Å². The first-order chi connectivity index (χ1) is 11.5. The maximum absolute atomic E-state index is 12.6. The quantitative estimate of drug-likeness (QED) is 0.753. The maximum Gasteiger partial charge on any atom is 0.311 e. The fraction of sp³-hybridized carbons (Fsp3) is 0.294. The van der Waals surface area contributed by atoms with Gasteiger partial charge in [0.05, 0.1) is 25.5 Å². The molecule has 6 nitrogen and oxygen atoms in total. The number of amides is 1. The van der Waals surface area contributed by atoms with Crippen LogP contribution in [-0.4, -0.2) is 30.5 Å². The molecule has 1 heterocycles. The molecule has 0 aliphatic carbocycles. The Bertz CT molecular complexity index is 779. The number of benzene rings is 1. The fourth-order valence-corrected chi connectivity index (χ4v) is 2.93. The highest BCUT2D eigenvalue weighted by Crippen LogP contribution is 2.23. The molecular weight excluding hydrogens is 326 g/mol. The molecule has 0 bridgehead atoms. The van der Waals surface area contributed by atoms with Gasteiger partial charge in [0.1, 0.15) is 0 Å². The number of ether oxygens (including phenoxy) is 1. The van der Waals surface area contributed by atoms with E-state index >= 15 is 0 Å². The molecule has 0 fully saturated rings. The molecule has 0 unspecified atom stereocenters. The highest BCUT2D eigenvalue weighted by atomic mass is 32.1. The van der Waals surface area contributed by atoms with Gasteiger partial charge in [-0.1, -0.05) is 12.1 Å². The van der Waals surface area contributed by atoms with Crippen LogP contribution in [0.2, 0.25) is 0 Å². The van der Waals surface area contributed by atoms with E-state index in [1.807, 2.05) is 0 Å². The van der Waals surface area contributed by atoms with Crippen LogP contribution in [0.1, 0.15) is 27.7 Å². The van der Waals surface area contributed by atoms with Gasteiger partial charge in [0, 0.05) is 23.7 Å². The van der Waals surface area contributed by atoms with Gasteiger partial charge in [0.15, 0.2) is 5.13 Å². The van der Waals surface area contributed by atoms with Crippen molar-refractivity contribution in [2.75, 3.05) is 18.6 Å². The van der Waals surface area contributed by atoms with Gasteiger partial charge in [-0.25, -0.2) is 4.98 Å². The Hall–Kier alpha value is -2.72. The van der Waals surface area contributed by atoms with Crippen LogP contribution >= 0.6 is 11.3 Å². The molecule has 0 atom stereocenters. The Balaban J connectivity index is 2.11. The normalized spacial score (nSPS) is 10.0. The second-order valence-electron chi connectivity index (χ2n) is 4.99. The van der Waals surface area contributed by atoms with Gasteiger partial charge in [-0.15, -0.1) is 11.3 Å². The van der Waals surface area contributed by atoms with Gasteiger partial charge in [0.2, 0.25) is 0 Å². The van der Waals surface area contributed by atoms with E-state index in [1.54, 1.807) is 44.4 Å². The summed E-state index contributed by atoms with van der Waals surface area (Å²) in [6, 6.07) is 9.03. The van der Waals surface area contributed by atoms with Crippen LogP contribution in [0, 0.1) is 11.3 Å². The fourth-order valence-electron chi connectivity index (χ4n) is 2.07. The number of rotatable bonds is 6. The van der Waals surface area contributed by atoms with E-state index in [4.69, 9.17) is 10.00 Å². The predicted molar refractivity (Wildman–Crippen MR) is 90.9 cm³/mol. The van der Waals surface area contributed by atoms with E-state index in [1.165, 1.54) is 16.2 Å². The summed E-state index contributed by atoms with van der Waals surface area (Å²) in [7, 11) is 1.63. The van der Waals surface area contributed by atoms with Gasteiger partial charge in [-0.05, 0) is 24.6 Å². The average Bonchev–Trinajstić information content (AvgIpc) is 3.02. The minimum Gasteiger partial charge on any atom is -0.466 e. The Morgan fingerprint density at radius 3 is 2.92 bits per heavy atom. The monoisotopic (exact) mass is 343 g/mol. The third-order valence-corrected chi connectivity index (χ3v) is 4.29. The summed E-state index contributed by atoms with van der Waals surface area (Å²) in [6.07, 6.45) is 1.98. The highest BCUT2D eigenvalue weighted by Gasteiger charge is 2.18. The van der Waals surface area contributed by atoms with Crippen molar-refractivity contribution in [2.24, 2.45) is 0 Å². The number of aromatic nitrogens is 1. The molecular formula is C17H17N3O3S. The SMILES string of the molecule is CCOC(=O)Cc1cnc(N(C)C(=O)c2cccc(CC#N)c2)s1. The van der Waals surface area contributed by atoms with Gasteiger partial charge in [-0.3, -0.25) is 14.5 Å². The first-order valence-corrected chi connectivity index (χ1v) is 8.21. The van der Waals surface area contributed by atoms with E-state index < -0.39 is 0 Å². The van der Waals surface area contributed by atoms with Crippen LogP contribution in [0.5, 0.6) is 0 Å². The number of nitrogens with zero attached hydrogens (tertiary/aromatic N) is 3. The van der Waals surface area contributed by atoms with Crippen molar-refractivity contribution in [3.63, 3.8) is 0 Å². The molecule has 0 radical (unpaired) electrons. The number of hydrogen-bond donors (Lipinski definition) is 0. The molecule has 24 heavy (non-hydrogen) atoms. The molecule has 1 aromatic carbocycles. The van der Waals surface area contributed by atoms with Crippen molar-refractivity contribution in [1.82, 2.24) is 4.98 Å². The van der Waals surface area contributed by atoms with Gasteiger partial charge >= 0.3 is 5.97 Å². The summed E-state index contributed by atoms with van der Waals surface area (Å²) in [5.41, 5.74) is 1.28. The zero-order valence-corrected chi connectivity index (χ0v) is 14.3. The van der Waals surface area contributed by atoms with Gasteiger partial charge < -0.3 is 4.74 Å². The smallest absolute Gasteiger partial charge is 0.311 e. The maximum atomic E-state index is 12.6. The Morgan fingerprint density at radius 2 is 2.21 bits per heavy atom. The number of anilines is 1. The number of hydrogen-bond acceptors (Lipinski definition) is 6. The lowest BCUT2D eigenvalue weighted by Crippen LogP contribution is -2.26. The highest BCUT2D eigenvalue weighted by molar-refractivity contribution is 7.15.